The third-order valence-corrected chi connectivity index (χ3v) is 10.9. The molecule has 1 saturated heterocycles. The Morgan fingerprint density at radius 2 is 1.55 bits per heavy atom. The van der Waals surface area contributed by atoms with Crippen molar-refractivity contribution in [2.45, 2.75) is 104 Å². The molecule has 0 unspecified atom stereocenters. The predicted octanol–water partition coefficient (Wildman–Crippen LogP) is 8.81. The maximum absolute atomic E-state index is 14.1. The fourth-order valence-corrected chi connectivity index (χ4v) is 7.18. The van der Waals surface area contributed by atoms with E-state index in [1.165, 1.54) is 18.2 Å². The van der Waals surface area contributed by atoms with Crippen LogP contribution in [0.25, 0.3) is 0 Å². The van der Waals surface area contributed by atoms with E-state index in [4.69, 9.17) is 32.5 Å². The SMILES string of the molecule is CC(C)C[C@H](NC(=O)[C@H](Cc1cc(C(F)(F)F)cc(C(F)(F)F)c1)NC(=O)c1cc(Cl)ccc1Cl)B1O[C@@H]2C[C@H](C)C(C)(C)[C@H](C)[C@]2(C)O1. The molecule has 2 aromatic rings. The standard InChI is InChI=1S/C34H41BCl2F6N2O4/c1-17(2)10-28(35-48-27-11-18(3)31(5,6)19(4)32(27,7)49-35)45-30(47)26(44-29(46)24-16-23(36)8-9-25(24)37)14-20-12-21(33(38,39)40)15-22(13-20)34(41,42)43/h8-9,12-13,15-19,26-28H,10-11,14H2,1-7H3,(H,44,46)(H,45,47)/t18-,19-,26-,27+,28-,32-/m0/s1. The molecular weight excluding hydrogens is 696 g/mol. The summed E-state index contributed by atoms with van der Waals surface area (Å²) in [5.74, 6) is -2.18. The second kappa shape index (κ2) is 14.3. The van der Waals surface area contributed by atoms with E-state index in [-0.39, 0.29) is 45.0 Å². The van der Waals surface area contributed by atoms with E-state index < -0.39 is 72.0 Å². The van der Waals surface area contributed by atoms with Gasteiger partial charge < -0.3 is 19.9 Å². The van der Waals surface area contributed by atoms with Gasteiger partial charge in [-0.2, -0.15) is 26.3 Å². The molecule has 2 N–H and O–H groups in total. The molecule has 2 amide bonds. The van der Waals surface area contributed by atoms with Crippen LogP contribution in [0.5, 0.6) is 0 Å². The van der Waals surface area contributed by atoms with E-state index in [9.17, 15) is 35.9 Å². The molecule has 2 aliphatic rings. The molecule has 6 atom stereocenters. The van der Waals surface area contributed by atoms with Gasteiger partial charge in [0.25, 0.3) is 5.91 Å². The molecule has 49 heavy (non-hydrogen) atoms. The van der Waals surface area contributed by atoms with Gasteiger partial charge in [-0.05, 0) is 84.9 Å². The van der Waals surface area contributed by atoms with Crippen LogP contribution in [-0.2, 0) is 32.9 Å². The number of hydrogen-bond acceptors (Lipinski definition) is 4. The van der Waals surface area contributed by atoms with Crippen molar-refractivity contribution in [3.05, 3.63) is 68.7 Å². The zero-order valence-corrected chi connectivity index (χ0v) is 29.8. The molecule has 2 fully saturated rings. The van der Waals surface area contributed by atoms with Crippen molar-refractivity contribution in [2.75, 3.05) is 0 Å². The lowest BCUT2D eigenvalue weighted by Crippen LogP contribution is -2.57. The lowest BCUT2D eigenvalue weighted by molar-refractivity contribution is -0.143. The molecule has 2 aromatic carbocycles. The second-order valence-electron chi connectivity index (χ2n) is 14.5. The largest absolute Gasteiger partial charge is 0.481 e. The number of amides is 2. The first-order valence-electron chi connectivity index (χ1n) is 16.1. The quantitative estimate of drug-likeness (QED) is 0.199. The maximum Gasteiger partial charge on any atom is 0.481 e. The number of fused-ring (bicyclic) bond motifs is 1. The smallest absolute Gasteiger partial charge is 0.404 e. The van der Waals surface area contributed by atoms with Crippen molar-refractivity contribution in [2.24, 2.45) is 23.2 Å². The summed E-state index contributed by atoms with van der Waals surface area (Å²) in [5, 5.41) is 5.41. The summed E-state index contributed by atoms with van der Waals surface area (Å²) in [6.07, 6.45) is -10.2. The Bertz CT molecular complexity index is 1520. The minimum Gasteiger partial charge on any atom is -0.404 e. The van der Waals surface area contributed by atoms with Gasteiger partial charge in [0, 0.05) is 11.4 Å². The highest BCUT2D eigenvalue weighted by atomic mass is 35.5. The van der Waals surface area contributed by atoms with Gasteiger partial charge in [-0.3, -0.25) is 9.59 Å². The van der Waals surface area contributed by atoms with Gasteiger partial charge in [-0.25, -0.2) is 0 Å². The van der Waals surface area contributed by atoms with Crippen LogP contribution in [0.3, 0.4) is 0 Å². The minimum atomic E-state index is -5.11. The fraction of sp³-hybridized carbons (Fsp3) is 0.588. The summed E-state index contributed by atoms with van der Waals surface area (Å²) in [6.45, 7) is 14.4. The molecule has 270 valence electrons. The van der Waals surface area contributed by atoms with E-state index in [2.05, 4.69) is 38.3 Å². The number of hydrogen-bond donors (Lipinski definition) is 2. The summed E-state index contributed by atoms with van der Waals surface area (Å²) in [6, 6.07) is 3.40. The first-order valence-corrected chi connectivity index (χ1v) is 16.9. The second-order valence-corrected chi connectivity index (χ2v) is 15.3. The average Bonchev–Trinajstić information content (AvgIpc) is 3.32. The number of carbonyl (C=O) groups is 2. The summed E-state index contributed by atoms with van der Waals surface area (Å²) in [7, 11) is -0.908. The van der Waals surface area contributed by atoms with Gasteiger partial charge in [0.15, 0.2) is 0 Å². The van der Waals surface area contributed by atoms with Crippen molar-refractivity contribution in [1.82, 2.24) is 10.6 Å². The summed E-state index contributed by atoms with van der Waals surface area (Å²) in [4.78, 5) is 27.4. The van der Waals surface area contributed by atoms with Crippen molar-refractivity contribution < 1.29 is 45.2 Å². The molecule has 4 rings (SSSR count). The van der Waals surface area contributed by atoms with Crippen LogP contribution < -0.4 is 10.6 Å². The van der Waals surface area contributed by atoms with Crippen molar-refractivity contribution >= 4 is 42.1 Å². The first-order chi connectivity index (χ1) is 22.4. The van der Waals surface area contributed by atoms with E-state index in [1.807, 2.05) is 20.8 Å². The summed E-state index contributed by atoms with van der Waals surface area (Å²) < 4.78 is 95.2. The molecule has 15 heteroatoms. The molecule has 0 aromatic heterocycles. The zero-order chi connectivity index (χ0) is 36.9. The van der Waals surface area contributed by atoms with Crippen LogP contribution in [0.1, 0.15) is 88.4 Å². The third kappa shape index (κ3) is 8.71. The molecule has 1 heterocycles. The summed E-state index contributed by atoms with van der Waals surface area (Å²) >= 11 is 12.2. The van der Waals surface area contributed by atoms with Crippen LogP contribution in [0.2, 0.25) is 10.0 Å². The topological polar surface area (TPSA) is 76.7 Å². The van der Waals surface area contributed by atoms with E-state index in [0.717, 1.165) is 0 Å². The lowest BCUT2D eigenvalue weighted by Gasteiger charge is -2.53. The van der Waals surface area contributed by atoms with Crippen LogP contribution in [0.15, 0.2) is 36.4 Å². The van der Waals surface area contributed by atoms with Gasteiger partial charge in [-0.1, -0.05) is 64.7 Å². The Kier molecular flexibility index (Phi) is 11.4. The van der Waals surface area contributed by atoms with Crippen molar-refractivity contribution in [3.8, 4) is 0 Å². The average molecular weight is 737 g/mol. The number of benzene rings is 2. The fourth-order valence-electron chi connectivity index (χ4n) is 6.81. The Morgan fingerprint density at radius 1 is 0.959 bits per heavy atom. The van der Waals surface area contributed by atoms with Crippen LogP contribution in [0.4, 0.5) is 26.3 Å². The Labute approximate surface area is 293 Å². The van der Waals surface area contributed by atoms with E-state index in [1.54, 1.807) is 0 Å². The van der Waals surface area contributed by atoms with E-state index in [0.29, 0.717) is 30.9 Å². The van der Waals surface area contributed by atoms with E-state index >= 15 is 0 Å². The highest BCUT2D eigenvalue weighted by Crippen LogP contribution is 2.54. The number of halogens is 8. The summed E-state index contributed by atoms with van der Waals surface area (Å²) in [5.41, 5.74) is -4.49. The number of nitrogens with one attached hydrogen (secondary N) is 2. The predicted molar refractivity (Wildman–Crippen MR) is 176 cm³/mol. The Balaban J connectivity index is 1.70. The Hall–Kier alpha value is -2.48. The molecule has 6 nitrogen and oxygen atoms in total. The monoisotopic (exact) mass is 736 g/mol. The molecule has 1 saturated carbocycles. The van der Waals surface area contributed by atoms with Gasteiger partial charge >= 0.3 is 19.5 Å². The van der Waals surface area contributed by atoms with Gasteiger partial charge in [0.1, 0.15) is 6.04 Å². The minimum absolute atomic E-state index is 0.000495. The normalized spacial score (nSPS) is 25.1. The number of rotatable bonds is 9. The molecule has 0 bridgehead atoms. The highest BCUT2D eigenvalue weighted by molar-refractivity contribution is 6.48. The first kappa shape index (κ1) is 39.3. The maximum atomic E-state index is 14.1. The number of alkyl halides is 6. The lowest BCUT2D eigenvalue weighted by atomic mass is 9.57. The Morgan fingerprint density at radius 3 is 2.10 bits per heavy atom. The molecular formula is C34H41BCl2F6N2O4. The molecule has 0 spiro atoms. The van der Waals surface area contributed by atoms with Crippen molar-refractivity contribution in [1.29, 1.82) is 0 Å². The van der Waals surface area contributed by atoms with Gasteiger partial charge in [0.2, 0.25) is 5.91 Å². The highest BCUT2D eigenvalue weighted by Gasteiger charge is 2.61. The van der Waals surface area contributed by atoms with Crippen LogP contribution in [-0.4, -0.2) is 42.6 Å². The van der Waals surface area contributed by atoms with Crippen LogP contribution in [0, 0.1) is 23.2 Å². The van der Waals surface area contributed by atoms with Gasteiger partial charge in [-0.15, -0.1) is 0 Å². The number of carbonyl (C=O) groups excluding carboxylic acids is 2. The third-order valence-electron chi connectivity index (χ3n) is 10.4. The van der Waals surface area contributed by atoms with Crippen molar-refractivity contribution in [3.63, 3.8) is 0 Å². The molecule has 0 radical (unpaired) electrons. The van der Waals surface area contributed by atoms with Crippen LogP contribution >= 0.6 is 23.2 Å². The van der Waals surface area contributed by atoms with Gasteiger partial charge in [0.05, 0.1) is 39.4 Å². The molecule has 1 aliphatic carbocycles. The zero-order valence-electron chi connectivity index (χ0n) is 28.3. The molecule has 1 aliphatic heterocycles.